The molecule has 0 saturated carbocycles. The number of aliphatic hydroxyl groups excluding tert-OH is 1. The summed E-state index contributed by atoms with van der Waals surface area (Å²) in [6.07, 6.45) is 0.154. The molecule has 1 rings (SSSR count). The van der Waals surface area contributed by atoms with Gasteiger partial charge in [-0.15, -0.1) is 11.3 Å². The van der Waals surface area contributed by atoms with Gasteiger partial charge >= 0.3 is 5.97 Å². The van der Waals surface area contributed by atoms with Crippen molar-refractivity contribution in [1.29, 1.82) is 0 Å². The molecule has 0 radical (unpaired) electrons. The number of rotatable bonds is 5. The number of ether oxygens (including phenoxy) is 1. The van der Waals surface area contributed by atoms with E-state index in [9.17, 15) is 9.90 Å². The van der Waals surface area contributed by atoms with Crippen molar-refractivity contribution in [3.05, 3.63) is 21.9 Å². The van der Waals surface area contributed by atoms with Gasteiger partial charge in [0, 0.05) is 11.3 Å². The quantitative estimate of drug-likeness (QED) is 0.787. The van der Waals surface area contributed by atoms with Crippen molar-refractivity contribution >= 4 is 17.3 Å². The van der Waals surface area contributed by atoms with Crippen molar-refractivity contribution in [2.24, 2.45) is 0 Å². The molecule has 0 saturated heterocycles. The summed E-state index contributed by atoms with van der Waals surface area (Å²) in [7, 11) is 0. The minimum Gasteiger partial charge on any atom is -0.466 e. The van der Waals surface area contributed by atoms with Gasteiger partial charge in [0.2, 0.25) is 0 Å². The first-order valence-corrected chi connectivity index (χ1v) is 5.90. The maximum absolute atomic E-state index is 11.1. The Labute approximate surface area is 93.7 Å². The summed E-state index contributed by atoms with van der Waals surface area (Å²) in [6, 6.07) is 1.97. The Morgan fingerprint density at radius 1 is 1.67 bits per heavy atom. The van der Waals surface area contributed by atoms with Crippen LogP contribution in [0.1, 0.15) is 36.3 Å². The molecule has 1 aromatic heterocycles. The molecule has 84 valence electrons. The smallest absolute Gasteiger partial charge is 0.305 e. The van der Waals surface area contributed by atoms with Gasteiger partial charge in [0.15, 0.2) is 0 Å². The van der Waals surface area contributed by atoms with Crippen LogP contribution in [0.25, 0.3) is 0 Å². The molecule has 1 N–H and O–H groups in total. The lowest BCUT2D eigenvalue weighted by atomic mass is 10.1. The highest BCUT2D eigenvalue weighted by Gasteiger charge is 2.13. The third-order valence-electron chi connectivity index (χ3n) is 2.13. The van der Waals surface area contributed by atoms with Gasteiger partial charge in [-0.1, -0.05) is 0 Å². The average Bonchev–Trinajstić information content (AvgIpc) is 2.61. The maximum atomic E-state index is 11.1. The predicted molar refractivity (Wildman–Crippen MR) is 59.9 cm³/mol. The first-order chi connectivity index (χ1) is 7.15. The van der Waals surface area contributed by atoms with E-state index < -0.39 is 6.10 Å². The molecule has 1 unspecified atom stereocenters. The Morgan fingerprint density at radius 2 is 2.40 bits per heavy atom. The van der Waals surface area contributed by atoms with Gasteiger partial charge in [0.1, 0.15) is 0 Å². The lowest BCUT2D eigenvalue weighted by Gasteiger charge is -2.09. The lowest BCUT2D eigenvalue weighted by Crippen LogP contribution is -2.06. The molecule has 0 aliphatic carbocycles. The van der Waals surface area contributed by atoms with Crippen molar-refractivity contribution in [1.82, 2.24) is 0 Å². The normalized spacial score (nSPS) is 12.5. The molecule has 15 heavy (non-hydrogen) atoms. The zero-order valence-corrected chi connectivity index (χ0v) is 9.84. The van der Waals surface area contributed by atoms with E-state index in [0.717, 1.165) is 10.4 Å². The molecule has 1 aromatic rings. The third kappa shape index (κ3) is 3.64. The van der Waals surface area contributed by atoms with Crippen LogP contribution in [-0.2, 0) is 9.53 Å². The zero-order valence-electron chi connectivity index (χ0n) is 9.03. The van der Waals surface area contributed by atoms with E-state index in [-0.39, 0.29) is 12.4 Å². The second kappa shape index (κ2) is 5.88. The highest BCUT2D eigenvalue weighted by atomic mass is 32.1. The summed E-state index contributed by atoms with van der Waals surface area (Å²) in [5.41, 5.74) is 1.08. The highest BCUT2D eigenvalue weighted by Crippen LogP contribution is 2.26. The van der Waals surface area contributed by atoms with Gasteiger partial charge < -0.3 is 9.84 Å². The molecule has 4 heteroatoms. The molecule has 0 amide bonds. The Morgan fingerprint density at radius 3 is 2.93 bits per heavy atom. The fourth-order valence-corrected chi connectivity index (χ4v) is 2.29. The van der Waals surface area contributed by atoms with E-state index in [4.69, 9.17) is 4.74 Å². The summed E-state index contributed by atoms with van der Waals surface area (Å²) in [4.78, 5) is 12.0. The molecular formula is C11H16O3S. The van der Waals surface area contributed by atoms with E-state index in [1.165, 1.54) is 11.3 Å². The van der Waals surface area contributed by atoms with Crippen LogP contribution in [0.5, 0.6) is 0 Å². The van der Waals surface area contributed by atoms with Crippen LogP contribution in [0, 0.1) is 6.92 Å². The molecule has 0 aliphatic rings. The van der Waals surface area contributed by atoms with Crippen molar-refractivity contribution in [2.45, 2.75) is 32.8 Å². The first-order valence-electron chi connectivity index (χ1n) is 5.02. The van der Waals surface area contributed by atoms with Crippen LogP contribution in [0.3, 0.4) is 0 Å². The molecule has 1 heterocycles. The monoisotopic (exact) mass is 228 g/mol. The fraction of sp³-hybridized carbons (Fsp3) is 0.545. The second-order valence-electron chi connectivity index (χ2n) is 3.33. The molecular weight excluding hydrogens is 212 g/mol. The molecule has 0 aromatic carbocycles. The highest BCUT2D eigenvalue weighted by molar-refractivity contribution is 7.10. The van der Waals surface area contributed by atoms with Gasteiger partial charge in [-0.2, -0.15) is 0 Å². The van der Waals surface area contributed by atoms with E-state index >= 15 is 0 Å². The van der Waals surface area contributed by atoms with Crippen molar-refractivity contribution < 1.29 is 14.6 Å². The SMILES string of the molecule is CCOC(=O)CCC(O)c1sccc1C. The van der Waals surface area contributed by atoms with E-state index in [1.807, 2.05) is 18.4 Å². The Bertz CT molecular complexity index is 319. The third-order valence-corrected chi connectivity index (χ3v) is 3.25. The number of aliphatic hydroxyl groups is 1. The summed E-state index contributed by atoms with van der Waals surface area (Å²) in [5, 5.41) is 11.8. The van der Waals surface area contributed by atoms with Gasteiger partial charge in [-0.05, 0) is 37.3 Å². The second-order valence-corrected chi connectivity index (χ2v) is 4.28. The van der Waals surface area contributed by atoms with Gasteiger partial charge in [-0.3, -0.25) is 4.79 Å². The van der Waals surface area contributed by atoms with E-state index in [0.29, 0.717) is 13.0 Å². The maximum Gasteiger partial charge on any atom is 0.305 e. The van der Waals surface area contributed by atoms with Crippen LogP contribution in [0.2, 0.25) is 0 Å². The first kappa shape index (κ1) is 12.2. The topological polar surface area (TPSA) is 46.5 Å². The number of aryl methyl sites for hydroxylation is 1. The number of carbonyl (C=O) groups excluding carboxylic acids is 1. The predicted octanol–water partition coefficient (Wildman–Crippen LogP) is 2.43. The standard InChI is InChI=1S/C11H16O3S/c1-3-14-10(13)5-4-9(12)11-8(2)6-7-15-11/h6-7,9,12H,3-5H2,1-2H3. The minimum atomic E-state index is -0.547. The van der Waals surface area contributed by atoms with Crippen molar-refractivity contribution in [3.8, 4) is 0 Å². The van der Waals surface area contributed by atoms with Crippen molar-refractivity contribution in [2.75, 3.05) is 6.61 Å². The van der Waals surface area contributed by atoms with Crippen LogP contribution in [0.15, 0.2) is 11.4 Å². The van der Waals surface area contributed by atoms with Gasteiger partial charge in [0.25, 0.3) is 0 Å². The summed E-state index contributed by atoms with van der Waals surface area (Å²) < 4.78 is 4.79. The van der Waals surface area contributed by atoms with Crippen LogP contribution in [-0.4, -0.2) is 17.7 Å². The van der Waals surface area contributed by atoms with Gasteiger partial charge in [0.05, 0.1) is 12.7 Å². The lowest BCUT2D eigenvalue weighted by molar-refractivity contribution is -0.143. The summed E-state index contributed by atoms with van der Waals surface area (Å²) >= 11 is 1.52. The Hall–Kier alpha value is -0.870. The average molecular weight is 228 g/mol. The summed E-state index contributed by atoms with van der Waals surface area (Å²) in [5.74, 6) is -0.245. The molecule has 0 aliphatic heterocycles. The number of thiophene rings is 1. The molecule has 0 bridgehead atoms. The Kier molecular flexibility index (Phi) is 4.78. The van der Waals surface area contributed by atoms with Crippen LogP contribution < -0.4 is 0 Å². The number of esters is 1. The minimum absolute atomic E-state index is 0.245. The van der Waals surface area contributed by atoms with Gasteiger partial charge in [-0.25, -0.2) is 0 Å². The number of hydrogen-bond acceptors (Lipinski definition) is 4. The van der Waals surface area contributed by atoms with Crippen LogP contribution in [0.4, 0.5) is 0 Å². The van der Waals surface area contributed by atoms with E-state index in [1.54, 1.807) is 6.92 Å². The molecule has 0 fully saturated rings. The summed E-state index contributed by atoms with van der Waals surface area (Å²) in [6.45, 7) is 4.13. The Balaban J connectivity index is 2.40. The van der Waals surface area contributed by atoms with Crippen molar-refractivity contribution in [3.63, 3.8) is 0 Å². The van der Waals surface area contributed by atoms with Crippen LogP contribution >= 0.6 is 11.3 Å². The van der Waals surface area contributed by atoms with E-state index in [2.05, 4.69) is 0 Å². The zero-order chi connectivity index (χ0) is 11.3. The fourth-order valence-electron chi connectivity index (χ4n) is 1.34. The molecule has 3 nitrogen and oxygen atoms in total. The molecule has 0 spiro atoms. The number of hydrogen-bond donors (Lipinski definition) is 1. The molecule has 1 atom stereocenters. The largest absolute Gasteiger partial charge is 0.466 e. The number of carbonyl (C=O) groups is 1.